The van der Waals surface area contributed by atoms with Crippen LogP contribution in [0.3, 0.4) is 0 Å². The van der Waals surface area contributed by atoms with Crippen LogP contribution in [0.25, 0.3) is 0 Å². The normalized spacial score (nSPS) is 53.6. The summed E-state index contributed by atoms with van der Waals surface area (Å²) in [6, 6.07) is -1.29. The summed E-state index contributed by atoms with van der Waals surface area (Å²) in [5, 5.41) is 37.2. The highest BCUT2D eigenvalue weighted by molar-refractivity contribution is 5.87. The summed E-state index contributed by atoms with van der Waals surface area (Å²) >= 11 is 0. The molecule has 0 spiro atoms. The number of aliphatic hydroxyl groups is 3. The summed E-state index contributed by atoms with van der Waals surface area (Å²) in [5.41, 5.74) is 0. The number of rotatable bonds is 2. The van der Waals surface area contributed by atoms with E-state index in [0.29, 0.717) is 0 Å². The summed E-state index contributed by atoms with van der Waals surface area (Å²) in [6.07, 6.45) is -5.58. The van der Waals surface area contributed by atoms with Gasteiger partial charge in [0.2, 0.25) is 6.29 Å². The average Bonchev–Trinajstić information content (AvgIpc) is 2.49. The first-order valence-electron chi connectivity index (χ1n) is 7.78. The number of fused-ring (bicyclic) bond motifs is 2. The molecule has 0 aromatic heterocycles. The van der Waals surface area contributed by atoms with Gasteiger partial charge in [0.05, 0.1) is 24.3 Å². The van der Waals surface area contributed by atoms with Crippen LogP contribution in [0.5, 0.6) is 0 Å². The number of Topliss-reactive ketones (excluding diaryl/α,β-unsaturated/α-hetero) is 1. The fourth-order valence-electron chi connectivity index (χ4n) is 3.68. The molecule has 0 amide bonds. The smallest absolute Gasteiger partial charge is 0.280 e. The van der Waals surface area contributed by atoms with Gasteiger partial charge in [-0.25, -0.2) is 0 Å². The number of aliphatic hydroxyl groups excluding tert-OH is 2. The highest BCUT2D eigenvalue weighted by Crippen LogP contribution is 2.40. The van der Waals surface area contributed by atoms with E-state index in [1.165, 1.54) is 0 Å². The number of carbonyl (C=O) groups excluding carboxylic acids is 1. The molecule has 3 aliphatic rings. The number of hydrogen-bond donors (Lipinski definition) is 5. The van der Waals surface area contributed by atoms with Gasteiger partial charge in [0, 0.05) is 6.42 Å². The van der Waals surface area contributed by atoms with Crippen molar-refractivity contribution in [3.63, 3.8) is 0 Å². The lowest BCUT2D eigenvalue weighted by Gasteiger charge is -2.55. The van der Waals surface area contributed by atoms with Gasteiger partial charge in [-0.15, -0.1) is 0 Å². The molecule has 3 rings (SSSR count). The molecular formula is C14H24N2O7. The second-order valence-corrected chi connectivity index (χ2v) is 6.40. The van der Waals surface area contributed by atoms with Crippen LogP contribution in [0.2, 0.25) is 0 Å². The molecule has 23 heavy (non-hydrogen) atoms. The van der Waals surface area contributed by atoms with E-state index in [9.17, 15) is 20.1 Å². The standard InChI is InChI=1S/C14H24N2O7/c1-5-4-6(17)14(20)13(21-5)22-12-10(19)7(15-2)9(18)8(16-3)11(12)23-14/h5,7-13,15-16,18-20H,4H2,1-3H3/t5-,7-,8+,9+,10-,11-,12-,13+,14+/m1/s1. The van der Waals surface area contributed by atoms with Gasteiger partial charge in [-0.05, 0) is 21.0 Å². The number of hydrogen-bond acceptors (Lipinski definition) is 9. The Kier molecular flexibility index (Phi) is 4.49. The Labute approximate surface area is 133 Å². The van der Waals surface area contributed by atoms with E-state index in [1.54, 1.807) is 21.0 Å². The maximum Gasteiger partial charge on any atom is 0.280 e. The first-order chi connectivity index (χ1) is 10.8. The zero-order valence-electron chi connectivity index (χ0n) is 13.3. The molecule has 9 nitrogen and oxygen atoms in total. The van der Waals surface area contributed by atoms with E-state index >= 15 is 0 Å². The van der Waals surface area contributed by atoms with E-state index in [2.05, 4.69) is 10.6 Å². The fraction of sp³-hybridized carbons (Fsp3) is 0.929. The minimum absolute atomic E-state index is 0.00220. The molecule has 132 valence electrons. The van der Waals surface area contributed by atoms with Gasteiger partial charge in [0.25, 0.3) is 5.79 Å². The molecule has 2 heterocycles. The quantitative estimate of drug-likeness (QED) is 0.361. The van der Waals surface area contributed by atoms with Gasteiger partial charge in [0.15, 0.2) is 5.78 Å². The molecule has 0 bridgehead atoms. The second-order valence-electron chi connectivity index (χ2n) is 6.40. The lowest BCUT2D eigenvalue weighted by molar-refractivity contribution is -0.420. The molecule has 2 saturated heterocycles. The Morgan fingerprint density at radius 2 is 1.74 bits per heavy atom. The zero-order valence-corrected chi connectivity index (χ0v) is 13.3. The molecule has 0 aromatic rings. The first kappa shape index (κ1) is 17.2. The third-order valence-electron chi connectivity index (χ3n) is 4.93. The molecule has 1 saturated carbocycles. The van der Waals surface area contributed by atoms with E-state index < -0.39 is 60.5 Å². The van der Waals surface area contributed by atoms with Crippen LogP contribution >= 0.6 is 0 Å². The van der Waals surface area contributed by atoms with Gasteiger partial charge < -0.3 is 40.2 Å². The molecule has 0 unspecified atom stereocenters. The third kappa shape index (κ3) is 2.52. The SMILES string of the molecule is CN[C@H]1[C@@H](O)[C@H]2O[C@@H]3O[C@H](C)CC(=O)[C@]3(O)O[C@@H]2[C@@H](NC)[C@H]1O. The summed E-state index contributed by atoms with van der Waals surface area (Å²) in [6.45, 7) is 1.70. The van der Waals surface area contributed by atoms with Gasteiger partial charge in [-0.2, -0.15) is 0 Å². The van der Waals surface area contributed by atoms with E-state index in [-0.39, 0.29) is 6.42 Å². The largest absolute Gasteiger partial charge is 0.390 e. The minimum atomic E-state index is -2.23. The van der Waals surface area contributed by atoms with Gasteiger partial charge >= 0.3 is 0 Å². The van der Waals surface area contributed by atoms with Crippen molar-refractivity contribution in [2.24, 2.45) is 0 Å². The summed E-state index contributed by atoms with van der Waals surface area (Å²) < 4.78 is 16.8. The van der Waals surface area contributed by atoms with E-state index in [1.807, 2.05) is 0 Å². The van der Waals surface area contributed by atoms with Gasteiger partial charge in [0.1, 0.15) is 18.3 Å². The van der Waals surface area contributed by atoms with Crippen molar-refractivity contribution in [1.29, 1.82) is 0 Å². The molecule has 1 aliphatic carbocycles. The molecule has 5 N–H and O–H groups in total. The molecule has 0 radical (unpaired) electrons. The van der Waals surface area contributed by atoms with Crippen LogP contribution in [0.4, 0.5) is 0 Å². The predicted octanol–water partition coefficient (Wildman–Crippen LogP) is -2.93. The Morgan fingerprint density at radius 3 is 2.35 bits per heavy atom. The van der Waals surface area contributed by atoms with Crippen molar-refractivity contribution in [2.45, 2.75) is 68.0 Å². The Bertz CT molecular complexity index is 478. The van der Waals surface area contributed by atoms with Crippen molar-refractivity contribution in [2.75, 3.05) is 14.1 Å². The minimum Gasteiger partial charge on any atom is -0.390 e. The summed E-state index contributed by atoms with van der Waals surface area (Å²) in [4.78, 5) is 12.2. The topological polar surface area (TPSA) is 130 Å². The van der Waals surface area contributed by atoms with E-state index in [4.69, 9.17) is 14.2 Å². The van der Waals surface area contributed by atoms with Crippen LogP contribution in [-0.2, 0) is 19.0 Å². The monoisotopic (exact) mass is 332 g/mol. The molecular weight excluding hydrogens is 308 g/mol. The molecule has 9 atom stereocenters. The highest BCUT2D eigenvalue weighted by Gasteiger charge is 2.63. The van der Waals surface area contributed by atoms with Crippen molar-refractivity contribution in [3.05, 3.63) is 0 Å². The molecule has 3 fully saturated rings. The van der Waals surface area contributed by atoms with Crippen LogP contribution in [0, 0.1) is 0 Å². The van der Waals surface area contributed by atoms with Gasteiger partial charge in [-0.1, -0.05) is 0 Å². The maximum atomic E-state index is 12.2. The van der Waals surface area contributed by atoms with Crippen molar-refractivity contribution in [1.82, 2.24) is 10.6 Å². The lowest BCUT2D eigenvalue weighted by atomic mass is 9.80. The molecule has 0 aromatic carbocycles. The number of ketones is 1. The number of ether oxygens (including phenoxy) is 3. The molecule has 9 heteroatoms. The summed E-state index contributed by atoms with van der Waals surface area (Å²) in [5.74, 6) is -2.76. The van der Waals surface area contributed by atoms with Crippen LogP contribution < -0.4 is 10.6 Å². The number of nitrogens with one attached hydrogen (secondary N) is 2. The number of carbonyl (C=O) groups is 1. The first-order valence-corrected chi connectivity index (χ1v) is 7.78. The second kappa shape index (κ2) is 6.01. The molecule has 2 aliphatic heterocycles. The lowest BCUT2D eigenvalue weighted by Crippen LogP contribution is -2.77. The maximum absolute atomic E-state index is 12.2. The Morgan fingerprint density at radius 1 is 1.09 bits per heavy atom. The van der Waals surface area contributed by atoms with Gasteiger partial charge in [-0.3, -0.25) is 4.79 Å². The zero-order chi connectivity index (χ0) is 16.9. The fourth-order valence-corrected chi connectivity index (χ4v) is 3.68. The third-order valence-corrected chi connectivity index (χ3v) is 4.93. The average molecular weight is 332 g/mol. The van der Waals surface area contributed by atoms with Crippen molar-refractivity contribution < 1.29 is 34.3 Å². The van der Waals surface area contributed by atoms with Crippen LogP contribution in [0.15, 0.2) is 0 Å². The van der Waals surface area contributed by atoms with Crippen molar-refractivity contribution in [3.8, 4) is 0 Å². The summed E-state index contributed by atoms with van der Waals surface area (Å²) in [7, 11) is 3.24. The van der Waals surface area contributed by atoms with Crippen LogP contribution in [0.1, 0.15) is 13.3 Å². The van der Waals surface area contributed by atoms with Crippen molar-refractivity contribution >= 4 is 5.78 Å². The Balaban J connectivity index is 1.92. The van der Waals surface area contributed by atoms with E-state index in [0.717, 1.165) is 0 Å². The van der Waals surface area contributed by atoms with Crippen LogP contribution in [-0.4, -0.2) is 89.9 Å². The Hall–Kier alpha value is -0.650. The predicted molar refractivity (Wildman–Crippen MR) is 76.4 cm³/mol. The highest BCUT2D eigenvalue weighted by atomic mass is 16.8. The number of likely N-dealkylation sites (N-methyl/N-ethyl adjacent to an activating group) is 2.